The number of hydrogen-bond donors (Lipinski definition) is 0. The zero-order valence-electron chi connectivity index (χ0n) is 10.3. The van der Waals surface area contributed by atoms with Crippen LogP contribution in [-0.4, -0.2) is 38.5 Å². The molecule has 0 spiro atoms. The van der Waals surface area contributed by atoms with E-state index in [1.54, 1.807) is 21.0 Å². The highest BCUT2D eigenvalue weighted by Crippen LogP contribution is 2.07. The van der Waals surface area contributed by atoms with Gasteiger partial charge < -0.3 is 9.47 Å². The highest BCUT2D eigenvalue weighted by Gasteiger charge is 2.17. The number of ether oxygens (including phenoxy) is 2. The van der Waals surface area contributed by atoms with Crippen molar-refractivity contribution in [2.45, 2.75) is 33.0 Å². The number of rotatable bonds is 8. The third-order valence-electron chi connectivity index (χ3n) is 1.95. The lowest BCUT2D eigenvalue weighted by Crippen LogP contribution is -2.22. The number of carbonyl (C=O) groups excluding carboxylic acids is 1. The van der Waals surface area contributed by atoms with Crippen LogP contribution in [0.5, 0.6) is 0 Å². The number of methoxy groups -OCH3 is 1. The Bertz CT molecular complexity index is 226. The Morgan fingerprint density at radius 1 is 1.38 bits per heavy atom. The molecule has 2 unspecified atom stereocenters. The van der Waals surface area contributed by atoms with E-state index in [0.717, 1.165) is 0 Å². The highest BCUT2D eigenvalue weighted by molar-refractivity contribution is 5.88. The minimum absolute atomic E-state index is 0.0666. The molecule has 0 saturated heterocycles. The van der Waals surface area contributed by atoms with E-state index in [1.807, 2.05) is 6.92 Å². The summed E-state index contributed by atoms with van der Waals surface area (Å²) in [4.78, 5) is 21.1. The van der Waals surface area contributed by atoms with Gasteiger partial charge in [-0.1, -0.05) is 6.58 Å². The fraction of sp³-hybridized carbons (Fsp3) is 0.727. The van der Waals surface area contributed by atoms with Gasteiger partial charge in [-0.15, -0.1) is 0 Å². The molecule has 16 heavy (non-hydrogen) atoms. The van der Waals surface area contributed by atoms with Gasteiger partial charge in [0, 0.05) is 7.11 Å². The summed E-state index contributed by atoms with van der Waals surface area (Å²) in [6.45, 7) is 9.42. The SMILES string of the molecule is C=C(C(=O)OCC)C(C)OOCC(C)OC. The fourth-order valence-electron chi connectivity index (χ4n) is 0.753. The number of hydrogen-bond acceptors (Lipinski definition) is 5. The molecule has 0 aliphatic heterocycles. The van der Waals surface area contributed by atoms with Crippen LogP contribution < -0.4 is 0 Å². The second-order valence-corrected chi connectivity index (χ2v) is 3.31. The molecule has 0 amide bonds. The second kappa shape index (κ2) is 8.27. The first-order valence-electron chi connectivity index (χ1n) is 5.19. The third-order valence-corrected chi connectivity index (χ3v) is 1.95. The molecule has 0 aromatic heterocycles. The predicted octanol–water partition coefficient (Wildman–Crippen LogP) is 1.48. The molecule has 0 rings (SSSR count). The highest BCUT2D eigenvalue weighted by atomic mass is 17.2. The van der Waals surface area contributed by atoms with Gasteiger partial charge in [0.25, 0.3) is 0 Å². The Balaban J connectivity index is 3.83. The van der Waals surface area contributed by atoms with Gasteiger partial charge >= 0.3 is 5.97 Å². The Morgan fingerprint density at radius 3 is 2.50 bits per heavy atom. The summed E-state index contributed by atoms with van der Waals surface area (Å²) in [5.74, 6) is -0.474. The Labute approximate surface area is 96.2 Å². The summed E-state index contributed by atoms with van der Waals surface area (Å²) in [5.41, 5.74) is 0.229. The van der Waals surface area contributed by atoms with Crippen molar-refractivity contribution in [3.63, 3.8) is 0 Å². The zero-order valence-corrected chi connectivity index (χ0v) is 10.3. The Hall–Kier alpha value is -0.910. The molecule has 0 aliphatic rings. The van der Waals surface area contributed by atoms with E-state index < -0.39 is 12.1 Å². The fourth-order valence-corrected chi connectivity index (χ4v) is 0.753. The van der Waals surface area contributed by atoms with Crippen molar-refractivity contribution in [2.75, 3.05) is 20.3 Å². The van der Waals surface area contributed by atoms with Crippen LogP contribution in [-0.2, 0) is 24.0 Å². The maximum atomic E-state index is 11.3. The van der Waals surface area contributed by atoms with Crippen LogP contribution in [0.2, 0.25) is 0 Å². The molecule has 0 bridgehead atoms. The van der Waals surface area contributed by atoms with Gasteiger partial charge in [-0.05, 0) is 20.8 Å². The van der Waals surface area contributed by atoms with Crippen LogP contribution in [0.4, 0.5) is 0 Å². The molecule has 0 N–H and O–H groups in total. The first-order chi connectivity index (χ1) is 7.52. The summed E-state index contributed by atoms with van der Waals surface area (Å²) >= 11 is 0. The van der Waals surface area contributed by atoms with E-state index >= 15 is 0 Å². The van der Waals surface area contributed by atoms with Crippen LogP contribution in [0, 0.1) is 0 Å². The van der Waals surface area contributed by atoms with Crippen molar-refractivity contribution >= 4 is 5.97 Å². The summed E-state index contributed by atoms with van der Waals surface area (Å²) in [6.07, 6.45) is -0.605. The minimum atomic E-state index is -0.539. The lowest BCUT2D eigenvalue weighted by molar-refractivity contribution is -0.322. The van der Waals surface area contributed by atoms with Gasteiger partial charge in [-0.25, -0.2) is 14.6 Å². The van der Waals surface area contributed by atoms with Crippen LogP contribution in [0.1, 0.15) is 20.8 Å². The van der Waals surface area contributed by atoms with Gasteiger partial charge in [-0.2, -0.15) is 0 Å². The van der Waals surface area contributed by atoms with Crippen molar-refractivity contribution in [1.82, 2.24) is 0 Å². The largest absolute Gasteiger partial charge is 0.463 e. The summed E-state index contributed by atoms with van der Waals surface area (Å²) < 4.78 is 9.73. The van der Waals surface area contributed by atoms with E-state index in [4.69, 9.17) is 19.2 Å². The maximum absolute atomic E-state index is 11.3. The average Bonchev–Trinajstić information content (AvgIpc) is 2.27. The monoisotopic (exact) mass is 232 g/mol. The van der Waals surface area contributed by atoms with Crippen LogP contribution in [0.15, 0.2) is 12.2 Å². The zero-order chi connectivity index (χ0) is 12.6. The first-order valence-corrected chi connectivity index (χ1v) is 5.19. The Kier molecular flexibility index (Phi) is 7.80. The molecular formula is C11H20O5. The molecule has 0 aromatic rings. The standard InChI is InChI=1S/C11H20O5/c1-6-14-11(12)9(3)10(4)16-15-7-8(2)13-5/h8,10H,3,6-7H2,1-2,4-5H3. The average molecular weight is 232 g/mol. The van der Waals surface area contributed by atoms with Crippen molar-refractivity contribution < 1.29 is 24.0 Å². The van der Waals surface area contributed by atoms with Gasteiger partial charge in [0.05, 0.1) is 18.3 Å². The molecule has 0 aromatic carbocycles. The molecular weight excluding hydrogens is 212 g/mol. The Morgan fingerprint density at radius 2 is 2.00 bits per heavy atom. The molecule has 94 valence electrons. The van der Waals surface area contributed by atoms with Gasteiger partial charge in [0.15, 0.2) is 0 Å². The van der Waals surface area contributed by atoms with Crippen molar-refractivity contribution in [2.24, 2.45) is 0 Å². The van der Waals surface area contributed by atoms with Crippen LogP contribution >= 0.6 is 0 Å². The minimum Gasteiger partial charge on any atom is -0.463 e. The van der Waals surface area contributed by atoms with Crippen molar-refractivity contribution in [3.8, 4) is 0 Å². The summed E-state index contributed by atoms with van der Waals surface area (Å²) in [6, 6.07) is 0. The molecule has 5 heteroatoms. The molecule has 0 heterocycles. The van der Waals surface area contributed by atoms with E-state index in [2.05, 4.69) is 6.58 Å². The third kappa shape index (κ3) is 5.85. The summed E-state index contributed by atoms with van der Waals surface area (Å²) in [5, 5.41) is 0. The molecule has 0 fully saturated rings. The smallest absolute Gasteiger partial charge is 0.336 e. The van der Waals surface area contributed by atoms with Crippen LogP contribution in [0.3, 0.4) is 0 Å². The number of carbonyl (C=O) groups is 1. The van der Waals surface area contributed by atoms with Crippen molar-refractivity contribution in [1.29, 1.82) is 0 Å². The van der Waals surface area contributed by atoms with E-state index in [-0.39, 0.29) is 18.3 Å². The predicted molar refractivity (Wildman–Crippen MR) is 58.7 cm³/mol. The number of esters is 1. The van der Waals surface area contributed by atoms with Crippen LogP contribution in [0.25, 0.3) is 0 Å². The van der Waals surface area contributed by atoms with E-state index in [9.17, 15) is 4.79 Å². The quantitative estimate of drug-likeness (QED) is 0.274. The second-order valence-electron chi connectivity index (χ2n) is 3.31. The van der Waals surface area contributed by atoms with Gasteiger partial charge in [-0.3, -0.25) is 0 Å². The lowest BCUT2D eigenvalue weighted by atomic mass is 10.2. The van der Waals surface area contributed by atoms with Crippen molar-refractivity contribution in [3.05, 3.63) is 12.2 Å². The summed E-state index contributed by atoms with van der Waals surface area (Å²) in [7, 11) is 1.58. The van der Waals surface area contributed by atoms with Gasteiger partial charge in [0.2, 0.25) is 0 Å². The lowest BCUT2D eigenvalue weighted by Gasteiger charge is -2.15. The normalized spacial score (nSPS) is 14.2. The van der Waals surface area contributed by atoms with E-state index in [1.165, 1.54) is 0 Å². The molecule has 0 radical (unpaired) electrons. The molecule has 2 atom stereocenters. The first kappa shape index (κ1) is 15.1. The van der Waals surface area contributed by atoms with Gasteiger partial charge in [0.1, 0.15) is 12.7 Å². The maximum Gasteiger partial charge on any atom is 0.336 e. The molecule has 0 saturated carbocycles. The molecule has 5 nitrogen and oxygen atoms in total. The van der Waals surface area contributed by atoms with E-state index in [0.29, 0.717) is 6.61 Å². The molecule has 0 aliphatic carbocycles. The topological polar surface area (TPSA) is 54.0 Å².